The average Bonchev–Trinajstić information content (AvgIpc) is 3.24. The number of carbonyl (C=O) groups excluding carboxylic acids is 2. The molecule has 7 heteroatoms. The molecule has 30 heavy (non-hydrogen) atoms. The van der Waals surface area contributed by atoms with Crippen molar-refractivity contribution in [2.75, 3.05) is 18.1 Å². The summed E-state index contributed by atoms with van der Waals surface area (Å²) in [6.07, 6.45) is 1.98. The highest BCUT2D eigenvalue weighted by Crippen LogP contribution is 2.36. The van der Waals surface area contributed by atoms with E-state index in [-0.39, 0.29) is 25.7 Å². The second-order valence-electron chi connectivity index (χ2n) is 6.97. The number of carbonyl (C=O) groups is 2. The number of thiazole rings is 1. The van der Waals surface area contributed by atoms with Crippen LogP contribution < -0.4 is 9.64 Å². The van der Waals surface area contributed by atoms with Crippen molar-refractivity contribution in [2.45, 2.75) is 26.4 Å². The highest BCUT2D eigenvalue weighted by atomic mass is 32.1. The van der Waals surface area contributed by atoms with Crippen LogP contribution in [0.5, 0.6) is 5.75 Å². The van der Waals surface area contributed by atoms with Gasteiger partial charge in [0.15, 0.2) is 6.61 Å². The van der Waals surface area contributed by atoms with E-state index in [9.17, 15) is 9.59 Å². The standard InChI is InChI=1S/C23H22N2O4S/c1-2-6-21-24-18(15-30-21)17-9-10-20-19(11-17)25(22(26)14-28-20)12-23(27)29-13-16-7-4-3-5-8-16/h3-5,7-11,15H,2,6,12-14H2,1H3. The lowest BCUT2D eigenvalue weighted by Gasteiger charge is -2.29. The van der Waals surface area contributed by atoms with E-state index in [4.69, 9.17) is 9.47 Å². The Balaban J connectivity index is 1.51. The maximum Gasteiger partial charge on any atom is 0.326 e. The number of ether oxygens (including phenoxy) is 2. The molecule has 1 aliphatic heterocycles. The molecule has 1 amide bonds. The zero-order chi connectivity index (χ0) is 20.9. The number of hydrogen-bond donors (Lipinski definition) is 0. The minimum absolute atomic E-state index is 0.102. The molecule has 154 valence electrons. The van der Waals surface area contributed by atoms with Crippen LogP contribution in [0.3, 0.4) is 0 Å². The van der Waals surface area contributed by atoms with Gasteiger partial charge in [0.05, 0.1) is 16.4 Å². The van der Waals surface area contributed by atoms with Crippen LogP contribution in [-0.4, -0.2) is 30.0 Å². The van der Waals surface area contributed by atoms with E-state index in [1.54, 1.807) is 11.3 Å². The van der Waals surface area contributed by atoms with Gasteiger partial charge in [-0.15, -0.1) is 11.3 Å². The summed E-state index contributed by atoms with van der Waals surface area (Å²) in [5, 5.41) is 3.09. The molecule has 2 heterocycles. The number of hydrogen-bond acceptors (Lipinski definition) is 6. The van der Waals surface area contributed by atoms with E-state index in [1.807, 2.05) is 53.9 Å². The van der Waals surface area contributed by atoms with Crippen LogP contribution >= 0.6 is 11.3 Å². The van der Waals surface area contributed by atoms with Crippen molar-refractivity contribution in [1.82, 2.24) is 4.98 Å². The molecule has 0 fully saturated rings. The van der Waals surface area contributed by atoms with E-state index >= 15 is 0 Å². The van der Waals surface area contributed by atoms with Crippen molar-refractivity contribution < 1.29 is 19.1 Å². The fourth-order valence-electron chi connectivity index (χ4n) is 3.22. The number of esters is 1. The molecule has 0 aliphatic carbocycles. The Bertz CT molecular complexity index is 1050. The van der Waals surface area contributed by atoms with E-state index in [1.165, 1.54) is 4.90 Å². The topological polar surface area (TPSA) is 68.7 Å². The Morgan fingerprint density at radius 1 is 1.23 bits per heavy atom. The summed E-state index contributed by atoms with van der Waals surface area (Å²) >= 11 is 1.63. The van der Waals surface area contributed by atoms with Gasteiger partial charge in [0, 0.05) is 10.9 Å². The van der Waals surface area contributed by atoms with Crippen LogP contribution in [0, 0.1) is 0 Å². The van der Waals surface area contributed by atoms with Crippen molar-refractivity contribution in [3.63, 3.8) is 0 Å². The molecule has 0 bridgehead atoms. The van der Waals surface area contributed by atoms with Gasteiger partial charge in [-0.05, 0) is 36.6 Å². The third kappa shape index (κ3) is 4.52. The van der Waals surface area contributed by atoms with Gasteiger partial charge < -0.3 is 9.47 Å². The van der Waals surface area contributed by atoms with Crippen LogP contribution in [0.4, 0.5) is 5.69 Å². The molecule has 0 N–H and O–H groups in total. The van der Waals surface area contributed by atoms with Gasteiger partial charge >= 0.3 is 5.97 Å². The number of benzene rings is 2. The largest absolute Gasteiger partial charge is 0.482 e. The number of aryl methyl sites for hydroxylation is 1. The van der Waals surface area contributed by atoms with E-state index in [2.05, 4.69) is 11.9 Å². The summed E-state index contributed by atoms with van der Waals surface area (Å²) in [6, 6.07) is 15.0. The van der Waals surface area contributed by atoms with Crippen molar-refractivity contribution in [2.24, 2.45) is 0 Å². The number of rotatable bonds is 7. The second-order valence-corrected chi connectivity index (χ2v) is 7.92. The summed E-state index contributed by atoms with van der Waals surface area (Å²) in [6.45, 7) is 2.03. The Morgan fingerprint density at radius 3 is 2.87 bits per heavy atom. The maximum atomic E-state index is 12.5. The Morgan fingerprint density at radius 2 is 2.07 bits per heavy atom. The van der Waals surface area contributed by atoms with Gasteiger partial charge in [0.25, 0.3) is 5.91 Å². The van der Waals surface area contributed by atoms with Crippen LogP contribution in [0.1, 0.15) is 23.9 Å². The third-order valence-electron chi connectivity index (χ3n) is 4.74. The first-order valence-corrected chi connectivity index (χ1v) is 10.7. The minimum Gasteiger partial charge on any atom is -0.482 e. The summed E-state index contributed by atoms with van der Waals surface area (Å²) in [5.41, 5.74) is 3.20. The smallest absolute Gasteiger partial charge is 0.326 e. The van der Waals surface area contributed by atoms with Crippen LogP contribution in [0.25, 0.3) is 11.3 Å². The molecule has 0 saturated carbocycles. The fraction of sp³-hybridized carbons (Fsp3) is 0.261. The zero-order valence-electron chi connectivity index (χ0n) is 16.7. The molecule has 0 atom stereocenters. The quantitative estimate of drug-likeness (QED) is 0.533. The van der Waals surface area contributed by atoms with Crippen molar-refractivity contribution in [3.8, 4) is 17.0 Å². The molecule has 0 saturated heterocycles. The molecule has 0 radical (unpaired) electrons. The number of fused-ring (bicyclic) bond motifs is 1. The molecular weight excluding hydrogens is 400 g/mol. The van der Waals surface area contributed by atoms with Gasteiger partial charge in [0.1, 0.15) is 18.9 Å². The third-order valence-corrected chi connectivity index (χ3v) is 5.65. The summed E-state index contributed by atoms with van der Waals surface area (Å²) in [4.78, 5) is 31.0. The number of amides is 1. The van der Waals surface area contributed by atoms with Crippen molar-refractivity contribution >= 4 is 28.9 Å². The molecule has 3 aromatic rings. The van der Waals surface area contributed by atoms with Crippen LogP contribution in [0.2, 0.25) is 0 Å². The molecule has 0 spiro atoms. The summed E-state index contributed by atoms with van der Waals surface area (Å²) in [7, 11) is 0. The molecule has 4 rings (SSSR count). The second kappa shape index (κ2) is 9.09. The summed E-state index contributed by atoms with van der Waals surface area (Å²) in [5.74, 6) is -0.177. The Kier molecular flexibility index (Phi) is 6.09. The predicted molar refractivity (Wildman–Crippen MR) is 116 cm³/mol. The van der Waals surface area contributed by atoms with Gasteiger partial charge in [-0.25, -0.2) is 4.98 Å². The highest BCUT2D eigenvalue weighted by molar-refractivity contribution is 7.09. The molecule has 0 unspecified atom stereocenters. The van der Waals surface area contributed by atoms with E-state index in [0.29, 0.717) is 11.4 Å². The minimum atomic E-state index is -0.468. The van der Waals surface area contributed by atoms with Crippen LogP contribution in [-0.2, 0) is 27.4 Å². The Labute approximate surface area is 179 Å². The predicted octanol–water partition coefficient (Wildman–Crippen LogP) is 4.23. The van der Waals surface area contributed by atoms with E-state index in [0.717, 1.165) is 34.7 Å². The summed E-state index contributed by atoms with van der Waals surface area (Å²) < 4.78 is 10.9. The monoisotopic (exact) mass is 422 g/mol. The maximum absolute atomic E-state index is 12.5. The first-order valence-electron chi connectivity index (χ1n) is 9.85. The fourth-order valence-corrected chi connectivity index (χ4v) is 4.13. The van der Waals surface area contributed by atoms with Crippen LogP contribution in [0.15, 0.2) is 53.9 Å². The highest BCUT2D eigenvalue weighted by Gasteiger charge is 2.28. The SMILES string of the molecule is CCCc1nc(-c2ccc3c(c2)N(CC(=O)OCc2ccccc2)C(=O)CO3)cs1. The number of aromatic nitrogens is 1. The van der Waals surface area contributed by atoms with Gasteiger partial charge in [-0.3, -0.25) is 14.5 Å². The molecular formula is C23H22N2O4S. The lowest BCUT2D eigenvalue weighted by molar-refractivity contribution is -0.144. The van der Waals surface area contributed by atoms with Gasteiger partial charge in [-0.1, -0.05) is 37.3 Å². The number of anilines is 1. The zero-order valence-corrected chi connectivity index (χ0v) is 17.5. The lowest BCUT2D eigenvalue weighted by atomic mass is 10.1. The van der Waals surface area contributed by atoms with Crippen molar-refractivity contribution in [1.29, 1.82) is 0 Å². The average molecular weight is 423 g/mol. The first kappa shape index (κ1) is 20.1. The lowest BCUT2D eigenvalue weighted by Crippen LogP contribution is -2.42. The van der Waals surface area contributed by atoms with Gasteiger partial charge in [-0.2, -0.15) is 0 Å². The molecule has 2 aromatic carbocycles. The number of nitrogens with zero attached hydrogens (tertiary/aromatic N) is 2. The Hall–Kier alpha value is -3.19. The first-order chi connectivity index (χ1) is 14.6. The van der Waals surface area contributed by atoms with E-state index < -0.39 is 5.97 Å². The molecule has 1 aromatic heterocycles. The normalized spacial score (nSPS) is 13.0. The van der Waals surface area contributed by atoms with Gasteiger partial charge in [0.2, 0.25) is 0 Å². The molecule has 1 aliphatic rings. The molecule has 6 nitrogen and oxygen atoms in total. The van der Waals surface area contributed by atoms with Crippen molar-refractivity contribution in [3.05, 3.63) is 64.5 Å².